The minimum atomic E-state index is -0.0259. The lowest BCUT2D eigenvalue weighted by molar-refractivity contribution is 0.722. The van der Waals surface area contributed by atoms with Crippen molar-refractivity contribution < 1.29 is 0 Å². The van der Waals surface area contributed by atoms with Gasteiger partial charge in [0.05, 0.1) is 0 Å². The van der Waals surface area contributed by atoms with Crippen molar-refractivity contribution in [3.63, 3.8) is 0 Å². The first kappa shape index (κ1) is 16.5. The molecule has 0 aliphatic heterocycles. The highest BCUT2D eigenvalue weighted by Crippen LogP contribution is 2.31. The first-order valence-electron chi connectivity index (χ1n) is 8.96. The number of nitrogens with two attached hydrogens (primary N) is 1. The van der Waals surface area contributed by atoms with Crippen molar-refractivity contribution in [2.45, 2.75) is 19.4 Å². The van der Waals surface area contributed by atoms with E-state index in [2.05, 4.69) is 84.7 Å². The topological polar surface area (TPSA) is 38.9 Å². The third kappa shape index (κ3) is 3.24. The predicted molar refractivity (Wildman–Crippen MR) is 109 cm³/mol. The fourth-order valence-corrected chi connectivity index (χ4v) is 3.49. The molecule has 1 aromatic heterocycles. The van der Waals surface area contributed by atoms with Gasteiger partial charge in [-0.15, -0.1) is 0 Å². The molecule has 0 saturated heterocycles. The van der Waals surface area contributed by atoms with Gasteiger partial charge >= 0.3 is 0 Å². The summed E-state index contributed by atoms with van der Waals surface area (Å²) in [6, 6.07) is 27.3. The van der Waals surface area contributed by atoms with E-state index in [1.54, 1.807) is 0 Å². The normalized spacial score (nSPS) is 12.2. The Morgan fingerprint density at radius 1 is 0.846 bits per heavy atom. The number of aromatic nitrogens is 1. The zero-order valence-electron chi connectivity index (χ0n) is 14.9. The number of fused-ring (bicyclic) bond motifs is 1. The van der Waals surface area contributed by atoms with Crippen LogP contribution in [-0.2, 0) is 6.42 Å². The van der Waals surface area contributed by atoms with Crippen molar-refractivity contribution in [2.24, 2.45) is 5.73 Å². The van der Waals surface area contributed by atoms with Gasteiger partial charge < -0.3 is 5.73 Å². The maximum absolute atomic E-state index is 6.50. The van der Waals surface area contributed by atoms with Crippen molar-refractivity contribution in [2.75, 3.05) is 0 Å². The van der Waals surface area contributed by atoms with Crippen molar-refractivity contribution in [3.05, 3.63) is 102 Å². The monoisotopic (exact) mass is 338 g/mol. The van der Waals surface area contributed by atoms with E-state index < -0.39 is 0 Å². The van der Waals surface area contributed by atoms with E-state index in [1.165, 1.54) is 16.3 Å². The molecule has 1 atom stereocenters. The maximum Gasteiger partial charge on any atom is 0.0451 e. The summed E-state index contributed by atoms with van der Waals surface area (Å²) in [5.74, 6) is 0. The Bertz CT molecular complexity index is 1040. The fourth-order valence-electron chi connectivity index (χ4n) is 3.49. The van der Waals surface area contributed by atoms with Crippen molar-refractivity contribution >= 4 is 10.8 Å². The summed E-state index contributed by atoms with van der Waals surface area (Å²) in [5.41, 5.74) is 12.3. The molecule has 3 aromatic carbocycles. The maximum atomic E-state index is 6.50. The van der Waals surface area contributed by atoms with Crippen molar-refractivity contribution in [1.82, 2.24) is 4.98 Å². The van der Waals surface area contributed by atoms with Gasteiger partial charge in [0.15, 0.2) is 0 Å². The number of pyridine rings is 1. The van der Waals surface area contributed by atoms with Crippen LogP contribution in [0.15, 0.2) is 85.1 Å². The van der Waals surface area contributed by atoms with Gasteiger partial charge in [-0.2, -0.15) is 0 Å². The average Bonchev–Trinajstić information content (AvgIpc) is 2.69. The largest absolute Gasteiger partial charge is 0.324 e. The fraction of sp³-hybridized carbons (Fsp3) is 0.125. The van der Waals surface area contributed by atoms with Crippen LogP contribution in [0, 0.1) is 6.92 Å². The van der Waals surface area contributed by atoms with Crippen molar-refractivity contribution in [1.29, 1.82) is 0 Å². The van der Waals surface area contributed by atoms with Gasteiger partial charge in [0, 0.05) is 28.9 Å². The van der Waals surface area contributed by atoms with E-state index in [9.17, 15) is 0 Å². The zero-order valence-corrected chi connectivity index (χ0v) is 14.9. The summed E-state index contributed by atoms with van der Waals surface area (Å²) >= 11 is 0. The Morgan fingerprint density at radius 2 is 1.58 bits per heavy atom. The molecule has 0 bridgehead atoms. The molecule has 128 valence electrons. The van der Waals surface area contributed by atoms with E-state index >= 15 is 0 Å². The van der Waals surface area contributed by atoms with Crippen LogP contribution in [0.25, 0.3) is 21.9 Å². The van der Waals surface area contributed by atoms with Gasteiger partial charge in [-0.25, -0.2) is 0 Å². The lowest BCUT2D eigenvalue weighted by Crippen LogP contribution is -2.13. The number of rotatable bonds is 4. The summed E-state index contributed by atoms with van der Waals surface area (Å²) < 4.78 is 0. The van der Waals surface area contributed by atoms with Gasteiger partial charge in [0.25, 0.3) is 0 Å². The average molecular weight is 338 g/mol. The molecule has 4 aromatic rings. The Morgan fingerprint density at radius 3 is 2.38 bits per heavy atom. The van der Waals surface area contributed by atoms with Crippen LogP contribution in [0.4, 0.5) is 0 Å². The molecule has 0 amide bonds. The van der Waals surface area contributed by atoms with E-state index in [0.717, 1.165) is 28.8 Å². The summed E-state index contributed by atoms with van der Waals surface area (Å²) in [6.45, 7) is 2.05. The first-order chi connectivity index (χ1) is 12.7. The summed E-state index contributed by atoms with van der Waals surface area (Å²) in [7, 11) is 0. The molecular formula is C24H22N2. The third-order valence-corrected chi connectivity index (χ3v) is 4.92. The highest BCUT2D eigenvalue weighted by Gasteiger charge is 2.11. The molecule has 0 aliphatic carbocycles. The molecule has 2 heteroatoms. The van der Waals surface area contributed by atoms with Crippen LogP contribution in [0.5, 0.6) is 0 Å². The summed E-state index contributed by atoms with van der Waals surface area (Å²) in [4.78, 5) is 4.59. The van der Waals surface area contributed by atoms with Crippen molar-refractivity contribution in [3.8, 4) is 11.1 Å². The Labute approximate surface area is 154 Å². The second-order valence-corrected chi connectivity index (χ2v) is 6.72. The van der Waals surface area contributed by atoms with Crippen LogP contribution in [0.3, 0.4) is 0 Å². The predicted octanol–water partition coefficient (Wildman–Crippen LogP) is 5.45. The lowest BCUT2D eigenvalue weighted by atomic mass is 9.94. The third-order valence-electron chi connectivity index (χ3n) is 4.92. The van der Waals surface area contributed by atoms with Crippen LogP contribution in [0.1, 0.15) is 22.9 Å². The van der Waals surface area contributed by atoms with E-state index in [0.29, 0.717) is 0 Å². The molecule has 1 unspecified atom stereocenters. The lowest BCUT2D eigenvalue weighted by Gasteiger charge is -2.15. The molecule has 2 nitrogen and oxygen atoms in total. The highest BCUT2D eigenvalue weighted by molar-refractivity contribution is 5.97. The summed E-state index contributed by atoms with van der Waals surface area (Å²) in [6.07, 6.45) is 2.80. The number of aryl methyl sites for hydroxylation is 1. The molecule has 2 N–H and O–H groups in total. The molecule has 4 rings (SSSR count). The van der Waals surface area contributed by atoms with Gasteiger partial charge in [-0.1, -0.05) is 72.8 Å². The minimum Gasteiger partial charge on any atom is -0.324 e. The van der Waals surface area contributed by atoms with Gasteiger partial charge in [-0.05, 0) is 41.5 Å². The van der Waals surface area contributed by atoms with E-state index in [4.69, 9.17) is 5.73 Å². The second kappa shape index (κ2) is 7.11. The zero-order chi connectivity index (χ0) is 17.9. The Balaban J connectivity index is 1.72. The van der Waals surface area contributed by atoms with Crippen LogP contribution in [-0.4, -0.2) is 4.98 Å². The van der Waals surface area contributed by atoms with Crippen LogP contribution in [0.2, 0.25) is 0 Å². The van der Waals surface area contributed by atoms with Crippen LogP contribution >= 0.6 is 0 Å². The Kier molecular flexibility index (Phi) is 4.51. The summed E-state index contributed by atoms with van der Waals surface area (Å²) in [5, 5.41) is 2.43. The first-order valence-corrected chi connectivity index (χ1v) is 8.96. The number of hydrogen-bond acceptors (Lipinski definition) is 2. The molecule has 1 heterocycles. The minimum absolute atomic E-state index is 0.0259. The quantitative estimate of drug-likeness (QED) is 0.537. The number of nitrogens with zero attached hydrogens (tertiary/aromatic N) is 1. The van der Waals surface area contributed by atoms with E-state index in [1.807, 2.05) is 12.3 Å². The van der Waals surface area contributed by atoms with Gasteiger partial charge in [-0.3, -0.25) is 4.98 Å². The SMILES string of the molecule is Cc1ncc(-c2cccc(C(N)Cc3ccccc3)c2)c2ccccc12. The van der Waals surface area contributed by atoms with Gasteiger partial charge in [0.2, 0.25) is 0 Å². The molecule has 26 heavy (non-hydrogen) atoms. The molecular weight excluding hydrogens is 316 g/mol. The number of benzene rings is 3. The molecule has 0 spiro atoms. The second-order valence-electron chi connectivity index (χ2n) is 6.72. The molecule has 0 saturated carbocycles. The van der Waals surface area contributed by atoms with E-state index in [-0.39, 0.29) is 6.04 Å². The van der Waals surface area contributed by atoms with Crippen LogP contribution < -0.4 is 5.73 Å². The molecule has 0 aliphatic rings. The smallest absolute Gasteiger partial charge is 0.0451 e. The Hall–Kier alpha value is -2.97. The highest BCUT2D eigenvalue weighted by atomic mass is 14.7. The number of hydrogen-bond donors (Lipinski definition) is 1. The molecule has 0 fully saturated rings. The molecule has 0 radical (unpaired) electrons. The van der Waals surface area contributed by atoms with Gasteiger partial charge in [0.1, 0.15) is 0 Å². The standard InChI is InChI=1S/C24H22N2/c1-17-21-12-5-6-13-22(21)23(16-26-17)19-10-7-11-20(15-19)24(25)14-18-8-3-2-4-9-18/h2-13,15-16,24H,14,25H2,1H3.